The van der Waals surface area contributed by atoms with Gasteiger partial charge in [0, 0.05) is 24.4 Å². The molecule has 1 amide bonds. The topological polar surface area (TPSA) is 80.9 Å². The summed E-state index contributed by atoms with van der Waals surface area (Å²) in [6.07, 6.45) is 5.29. The van der Waals surface area contributed by atoms with E-state index in [0.717, 1.165) is 11.3 Å². The fourth-order valence-electron chi connectivity index (χ4n) is 1.89. The molecule has 110 valence electrons. The highest BCUT2D eigenvalue weighted by Gasteiger charge is 2.07. The van der Waals surface area contributed by atoms with Crippen molar-refractivity contribution in [2.45, 2.75) is 13.3 Å². The fourth-order valence-corrected chi connectivity index (χ4v) is 1.89. The molecule has 0 unspecified atom stereocenters. The van der Waals surface area contributed by atoms with Gasteiger partial charge in [-0.2, -0.15) is 0 Å². The van der Waals surface area contributed by atoms with Crippen molar-refractivity contribution >= 4 is 11.7 Å². The van der Waals surface area contributed by atoms with Gasteiger partial charge in [-0.3, -0.25) is 9.78 Å². The zero-order valence-corrected chi connectivity index (χ0v) is 12.0. The highest BCUT2D eigenvalue weighted by molar-refractivity contribution is 5.89. The second-order valence-corrected chi connectivity index (χ2v) is 4.58. The van der Waals surface area contributed by atoms with E-state index in [1.54, 1.807) is 31.6 Å². The Morgan fingerprint density at radius 3 is 2.82 bits per heavy atom. The van der Waals surface area contributed by atoms with Gasteiger partial charge in [-0.25, -0.2) is 9.97 Å². The smallest absolute Gasteiger partial charge is 0.225 e. The molecule has 0 radical (unpaired) electrons. The number of hydrogen-bond donors (Lipinski definition) is 1. The molecule has 0 aliphatic heterocycles. The lowest BCUT2D eigenvalue weighted by Gasteiger charge is -2.05. The zero-order valence-electron chi connectivity index (χ0n) is 12.0. The largest absolute Gasteiger partial charge is 0.463 e. The van der Waals surface area contributed by atoms with Crippen molar-refractivity contribution in [2.75, 3.05) is 5.32 Å². The van der Waals surface area contributed by atoms with Gasteiger partial charge in [0.1, 0.15) is 11.5 Å². The summed E-state index contributed by atoms with van der Waals surface area (Å²) in [4.78, 5) is 24.3. The molecule has 3 aromatic heterocycles. The number of hydrogen-bond acceptors (Lipinski definition) is 5. The first-order valence-electron chi connectivity index (χ1n) is 6.89. The molecular weight excluding hydrogens is 280 g/mol. The predicted octanol–water partition coefficient (Wildman–Crippen LogP) is 3.15. The second-order valence-electron chi connectivity index (χ2n) is 4.58. The maximum atomic E-state index is 11.4. The summed E-state index contributed by atoms with van der Waals surface area (Å²) < 4.78 is 5.30. The molecule has 0 spiro atoms. The summed E-state index contributed by atoms with van der Waals surface area (Å²) in [5.41, 5.74) is 1.51. The number of nitrogens with one attached hydrogen (secondary N) is 1. The van der Waals surface area contributed by atoms with Crippen molar-refractivity contribution in [3.63, 3.8) is 0 Å². The Morgan fingerprint density at radius 1 is 1.23 bits per heavy atom. The lowest BCUT2D eigenvalue weighted by molar-refractivity contribution is -0.115. The molecular formula is C16H14N4O2. The van der Waals surface area contributed by atoms with Crippen LogP contribution in [-0.4, -0.2) is 20.9 Å². The van der Waals surface area contributed by atoms with Crippen LogP contribution in [0.3, 0.4) is 0 Å². The van der Waals surface area contributed by atoms with Crippen molar-refractivity contribution in [2.24, 2.45) is 0 Å². The van der Waals surface area contributed by atoms with Crippen LogP contribution in [0, 0.1) is 0 Å². The van der Waals surface area contributed by atoms with Crippen LogP contribution < -0.4 is 5.32 Å². The van der Waals surface area contributed by atoms with Crippen LogP contribution in [0.4, 0.5) is 5.82 Å². The molecule has 0 saturated heterocycles. The lowest BCUT2D eigenvalue weighted by Crippen LogP contribution is -2.11. The van der Waals surface area contributed by atoms with Crippen molar-refractivity contribution in [1.29, 1.82) is 0 Å². The van der Waals surface area contributed by atoms with Gasteiger partial charge in [0.2, 0.25) is 5.91 Å². The highest BCUT2D eigenvalue weighted by Crippen LogP contribution is 2.21. The van der Waals surface area contributed by atoms with Crippen LogP contribution >= 0.6 is 0 Å². The van der Waals surface area contributed by atoms with E-state index in [-0.39, 0.29) is 5.91 Å². The Balaban J connectivity index is 1.85. The number of aromatic nitrogens is 3. The fraction of sp³-hybridized carbons (Fsp3) is 0.125. The Morgan fingerprint density at radius 2 is 2.14 bits per heavy atom. The minimum Gasteiger partial charge on any atom is -0.463 e. The first-order valence-corrected chi connectivity index (χ1v) is 6.89. The average molecular weight is 294 g/mol. The third-order valence-corrected chi connectivity index (χ3v) is 3.04. The van der Waals surface area contributed by atoms with E-state index in [9.17, 15) is 4.79 Å². The standard InChI is InChI=1S/C16H14N4O2/c1-2-15(21)19-14-7-8-17-16(20-14)11-5-6-12(18-10-11)13-4-3-9-22-13/h3-10H,2H2,1H3,(H,17,19,20,21). The molecule has 22 heavy (non-hydrogen) atoms. The van der Waals surface area contributed by atoms with E-state index in [0.29, 0.717) is 23.8 Å². The van der Waals surface area contributed by atoms with E-state index >= 15 is 0 Å². The highest BCUT2D eigenvalue weighted by atomic mass is 16.3. The third kappa shape index (κ3) is 3.01. The summed E-state index contributed by atoms with van der Waals surface area (Å²) in [6, 6.07) is 9.02. The van der Waals surface area contributed by atoms with Gasteiger partial charge in [-0.15, -0.1) is 0 Å². The van der Waals surface area contributed by atoms with Gasteiger partial charge in [0.05, 0.1) is 6.26 Å². The molecule has 0 aliphatic rings. The lowest BCUT2D eigenvalue weighted by atomic mass is 10.2. The van der Waals surface area contributed by atoms with Gasteiger partial charge >= 0.3 is 0 Å². The van der Waals surface area contributed by atoms with Crippen molar-refractivity contribution in [3.8, 4) is 22.8 Å². The minimum absolute atomic E-state index is 0.0871. The molecule has 3 heterocycles. The predicted molar refractivity (Wildman–Crippen MR) is 81.9 cm³/mol. The van der Waals surface area contributed by atoms with Crippen LogP contribution in [0.2, 0.25) is 0 Å². The van der Waals surface area contributed by atoms with Gasteiger partial charge < -0.3 is 9.73 Å². The zero-order chi connectivity index (χ0) is 15.4. The SMILES string of the molecule is CCC(=O)Nc1ccnc(-c2ccc(-c3ccco3)nc2)n1. The average Bonchev–Trinajstić information content (AvgIpc) is 3.09. The Hall–Kier alpha value is -3.02. The maximum Gasteiger partial charge on any atom is 0.225 e. The number of carbonyl (C=O) groups excluding carboxylic acids is 1. The molecule has 3 rings (SSSR count). The minimum atomic E-state index is -0.0871. The molecule has 0 bridgehead atoms. The van der Waals surface area contributed by atoms with E-state index in [1.165, 1.54) is 0 Å². The monoisotopic (exact) mass is 294 g/mol. The Bertz CT molecular complexity index is 767. The van der Waals surface area contributed by atoms with Crippen molar-refractivity contribution in [1.82, 2.24) is 15.0 Å². The molecule has 6 nitrogen and oxygen atoms in total. The number of anilines is 1. The quantitative estimate of drug-likeness (QED) is 0.799. The van der Waals surface area contributed by atoms with Crippen molar-refractivity contribution in [3.05, 3.63) is 49.0 Å². The molecule has 0 saturated carbocycles. The van der Waals surface area contributed by atoms with E-state index < -0.39 is 0 Å². The summed E-state index contributed by atoms with van der Waals surface area (Å²) in [5.74, 6) is 1.60. The Labute approximate surface area is 127 Å². The van der Waals surface area contributed by atoms with Gasteiger partial charge in [-0.1, -0.05) is 6.92 Å². The maximum absolute atomic E-state index is 11.4. The number of amides is 1. The van der Waals surface area contributed by atoms with Crippen LogP contribution in [0.5, 0.6) is 0 Å². The first kappa shape index (κ1) is 13.9. The van der Waals surface area contributed by atoms with E-state index in [2.05, 4.69) is 20.3 Å². The van der Waals surface area contributed by atoms with Crippen LogP contribution in [-0.2, 0) is 4.79 Å². The summed E-state index contributed by atoms with van der Waals surface area (Å²) in [5, 5.41) is 2.71. The number of nitrogens with zero attached hydrogens (tertiary/aromatic N) is 3. The van der Waals surface area contributed by atoms with Crippen LogP contribution in [0.15, 0.2) is 53.4 Å². The van der Waals surface area contributed by atoms with Gasteiger partial charge in [-0.05, 0) is 30.3 Å². The molecule has 6 heteroatoms. The Kier molecular flexibility index (Phi) is 3.91. The number of carbonyl (C=O) groups is 1. The molecule has 0 aliphatic carbocycles. The van der Waals surface area contributed by atoms with Crippen LogP contribution in [0.25, 0.3) is 22.8 Å². The first-order chi connectivity index (χ1) is 10.8. The summed E-state index contributed by atoms with van der Waals surface area (Å²) in [6.45, 7) is 1.79. The molecule has 0 fully saturated rings. The second kappa shape index (κ2) is 6.17. The molecule has 0 atom stereocenters. The number of pyridine rings is 1. The number of furan rings is 1. The van der Waals surface area contributed by atoms with E-state index in [1.807, 2.05) is 24.3 Å². The third-order valence-electron chi connectivity index (χ3n) is 3.04. The molecule has 0 aromatic carbocycles. The van der Waals surface area contributed by atoms with Gasteiger partial charge in [0.15, 0.2) is 11.6 Å². The van der Waals surface area contributed by atoms with E-state index in [4.69, 9.17) is 4.42 Å². The van der Waals surface area contributed by atoms with Crippen molar-refractivity contribution < 1.29 is 9.21 Å². The van der Waals surface area contributed by atoms with Crippen LogP contribution in [0.1, 0.15) is 13.3 Å². The molecule has 1 N–H and O–H groups in total. The summed E-state index contributed by atoms with van der Waals surface area (Å²) in [7, 11) is 0. The molecule has 3 aromatic rings. The van der Waals surface area contributed by atoms with Gasteiger partial charge in [0.25, 0.3) is 0 Å². The number of rotatable bonds is 4. The summed E-state index contributed by atoms with van der Waals surface area (Å²) >= 11 is 0. The normalized spacial score (nSPS) is 10.4.